The van der Waals surface area contributed by atoms with E-state index in [0.717, 1.165) is 22.4 Å². The maximum Gasteiger partial charge on any atom is 0.136 e. The average Bonchev–Trinajstić information content (AvgIpc) is 2.53. The normalized spacial score (nSPS) is 10.0. The van der Waals surface area contributed by atoms with Gasteiger partial charge in [-0.15, -0.1) is 0 Å². The van der Waals surface area contributed by atoms with Gasteiger partial charge in [-0.05, 0) is 30.2 Å². The van der Waals surface area contributed by atoms with E-state index < -0.39 is 0 Å². The molecule has 2 N–H and O–H groups in total. The van der Waals surface area contributed by atoms with Gasteiger partial charge in [0.25, 0.3) is 0 Å². The van der Waals surface area contributed by atoms with Crippen LogP contribution in [-0.2, 0) is 13.2 Å². The van der Waals surface area contributed by atoms with Crippen LogP contribution >= 0.6 is 0 Å². The summed E-state index contributed by atoms with van der Waals surface area (Å²) >= 11 is 0. The van der Waals surface area contributed by atoms with Gasteiger partial charge in [-0.3, -0.25) is 0 Å². The zero-order valence-electron chi connectivity index (χ0n) is 12.2. The van der Waals surface area contributed by atoms with Crippen molar-refractivity contribution >= 4 is 0 Å². The van der Waals surface area contributed by atoms with Crippen LogP contribution in [0.3, 0.4) is 0 Å². The first kappa shape index (κ1) is 14.9. The molecule has 0 fully saturated rings. The third kappa shape index (κ3) is 3.33. The Balaban J connectivity index is 2.19. The molecule has 0 spiro atoms. The SMILES string of the molecule is COc1ccc(COc2c(C)cccc2CN)cc1C#N. The molecule has 108 valence electrons. The van der Waals surface area contributed by atoms with Gasteiger partial charge in [-0.2, -0.15) is 5.26 Å². The Hall–Kier alpha value is -2.51. The Morgan fingerprint density at radius 1 is 1.24 bits per heavy atom. The summed E-state index contributed by atoms with van der Waals surface area (Å²) in [7, 11) is 1.55. The first-order valence-corrected chi connectivity index (χ1v) is 6.68. The maximum absolute atomic E-state index is 9.10. The van der Waals surface area contributed by atoms with Gasteiger partial charge in [0.1, 0.15) is 24.2 Å². The van der Waals surface area contributed by atoms with Crippen molar-refractivity contribution in [3.63, 3.8) is 0 Å². The molecule has 0 saturated carbocycles. The molecule has 0 unspecified atom stereocenters. The Labute approximate surface area is 124 Å². The Morgan fingerprint density at radius 3 is 2.71 bits per heavy atom. The lowest BCUT2D eigenvalue weighted by Crippen LogP contribution is -2.04. The number of nitrogens with zero attached hydrogens (tertiary/aromatic N) is 1. The van der Waals surface area contributed by atoms with Crippen LogP contribution in [0.5, 0.6) is 11.5 Å². The zero-order chi connectivity index (χ0) is 15.2. The molecule has 0 saturated heterocycles. The second-order valence-electron chi connectivity index (χ2n) is 4.70. The van der Waals surface area contributed by atoms with E-state index in [-0.39, 0.29) is 0 Å². The fraction of sp³-hybridized carbons (Fsp3) is 0.235. The van der Waals surface area contributed by atoms with E-state index in [1.54, 1.807) is 19.2 Å². The summed E-state index contributed by atoms with van der Waals surface area (Å²) in [5, 5.41) is 9.10. The molecule has 4 nitrogen and oxygen atoms in total. The molecule has 2 rings (SSSR count). The van der Waals surface area contributed by atoms with E-state index in [1.807, 2.05) is 31.2 Å². The molecule has 0 bridgehead atoms. The summed E-state index contributed by atoms with van der Waals surface area (Å²) in [6.07, 6.45) is 0. The van der Waals surface area contributed by atoms with Crippen molar-refractivity contribution in [2.45, 2.75) is 20.1 Å². The second kappa shape index (κ2) is 6.78. The van der Waals surface area contributed by atoms with E-state index in [4.69, 9.17) is 20.5 Å². The van der Waals surface area contributed by atoms with E-state index in [2.05, 4.69) is 6.07 Å². The van der Waals surface area contributed by atoms with Gasteiger partial charge >= 0.3 is 0 Å². The lowest BCUT2D eigenvalue weighted by molar-refractivity contribution is 0.300. The maximum atomic E-state index is 9.10. The summed E-state index contributed by atoms with van der Waals surface area (Å²) in [6, 6.07) is 13.5. The summed E-state index contributed by atoms with van der Waals surface area (Å²) in [6.45, 7) is 2.81. The molecule has 0 aliphatic heterocycles. The topological polar surface area (TPSA) is 68.3 Å². The molecule has 0 aliphatic rings. The smallest absolute Gasteiger partial charge is 0.136 e. The molecule has 0 heterocycles. The number of para-hydroxylation sites is 1. The Bertz CT molecular complexity index is 675. The highest BCUT2D eigenvalue weighted by molar-refractivity contribution is 5.46. The van der Waals surface area contributed by atoms with Gasteiger partial charge in [0.05, 0.1) is 12.7 Å². The van der Waals surface area contributed by atoms with Gasteiger partial charge in [-0.25, -0.2) is 0 Å². The molecule has 0 amide bonds. The van der Waals surface area contributed by atoms with E-state index in [0.29, 0.717) is 24.5 Å². The number of ether oxygens (including phenoxy) is 2. The molecule has 0 radical (unpaired) electrons. The molecule has 0 aliphatic carbocycles. The number of nitriles is 1. The van der Waals surface area contributed by atoms with Crippen LogP contribution < -0.4 is 15.2 Å². The molecule has 0 atom stereocenters. The third-order valence-electron chi connectivity index (χ3n) is 3.28. The molecule has 4 heteroatoms. The van der Waals surface area contributed by atoms with Crippen molar-refractivity contribution in [3.05, 3.63) is 58.7 Å². The monoisotopic (exact) mass is 282 g/mol. The fourth-order valence-electron chi connectivity index (χ4n) is 2.17. The molecular formula is C17H18N2O2. The van der Waals surface area contributed by atoms with Gasteiger partial charge in [0, 0.05) is 12.1 Å². The summed E-state index contributed by atoms with van der Waals surface area (Å²) in [5.74, 6) is 1.38. The second-order valence-corrected chi connectivity index (χ2v) is 4.70. The first-order chi connectivity index (χ1) is 10.2. The van der Waals surface area contributed by atoms with E-state index in [1.165, 1.54) is 0 Å². The Kier molecular flexibility index (Phi) is 4.81. The minimum absolute atomic E-state index is 0.385. The molecular weight excluding hydrogens is 264 g/mol. The van der Waals surface area contributed by atoms with Crippen LogP contribution in [0.2, 0.25) is 0 Å². The van der Waals surface area contributed by atoms with Crippen molar-refractivity contribution in [2.24, 2.45) is 5.73 Å². The van der Waals surface area contributed by atoms with Gasteiger partial charge in [0.2, 0.25) is 0 Å². The van der Waals surface area contributed by atoms with Crippen LogP contribution in [0.15, 0.2) is 36.4 Å². The largest absolute Gasteiger partial charge is 0.495 e. The van der Waals surface area contributed by atoms with Crippen molar-refractivity contribution in [1.29, 1.82) is 5.26 Å². The molecule has 21 heavy (non-hydrogen) atoms. The summed E-state index contributed by atoms with van der Waals surface area (Å²) in [4.78, 5) is 0. The number of methoxy groups -OCH3 is 1. The number of hydrogen-bond acceptors (Lipinski definition) is 4. The number of nitrogens with two attached hydrogens (primary N) is 1. The number of aryl methyl sites for hydroxylation is 1. The average molecular weight is 282 g/mol. The van der Waals surface area contributed by atoms with Gasteiger partial charge in [0.15, 0.2) is 0 Å². The van der Waals surface area contributed by atoms with E-state index in [9.17, 15) is 0 Å². The lowest BCUT2D eigenvalue weighted by Gasteiger charge is -2.13. The minimum atomic E-state index is 0.385. The van der Waals surface area contributed by atoms with Crippen LogP contribution in [0.1, 0.15) is 22.3 Å². The zero-order valence-corrected chi connectivity index (χ0v) is 12.2. The number of rotatable bonds is 5. The predicted octanol–water partition coefficient (Wildman–Crippen LogP) is 2.91. The standard InChI is InChI=1S/C17H18N2O2/c1-12-4-3-5-14(9-18)17(12)21-11-13-6-7-16(20-2)15(8-13)10-19/h3-8H,9,11,18H2,1-2H3. The number of benzene rings is 2. The van der Waals surface area contributed by atoms with Crippen molar-refractivity contribution in [3.8, 4) is 17.6 Å². The minimum Gasteiger partial charge on any atom is -0.495 e. The van der Waals surface area contributed by atoms with Crippen LogP contribution in [0, 0.1) is 18.3 Å². The fourth-order valence-corrected chi connectivity index (χ4v) is 2.17. The van der Waals surface area contributed by atoms with E-state index >= 15 is 0 Å². The molecule has 2 aromatic rings. The van der Waals surface area contributed by atoms with Crippen LogP contribution in [0.4, 0.5) is 0 Å². The molecule has 0 aromatic heterocycles. The van der Waals surface area contributed by atoms with Crippen molar-refractivity contribution in [2.75, 3.05) is 7.11 Å². The predicted molar refractivity (Wildman–Crippen MR) is 81.1 cm³/mol. The van der Waals surface area contributed by atoms with Gasteiger partial charge < -0.3 is 15.2 Å². The highest BCUT2D eigenvalue weighted by Crippen LogP contribution is 2.25. The highest BCUT2D eigenvalue weighted by atomic mass is 16.5. The summed E-state index contributed by atoms with van der Waals surface area (Å²) in [5.41, 5.74) is 9.17. The van der Waals surface area contributed by atoms with Crippen molar-refractivity contribution < 1.29 is 9.47 Å². The number of hydrogen-bond donors (Lipinski definition) is 1. The lowest BCUT2D eigenvalue weighted by atomic mass is 10.1. The highest BCUT2D eigenvalue weighted by Gasteiger charge is 2.08. The Morgan fingerprint density at radius 2 is 2.05 bits per heavy atom. The van der Waals surface area contributed by atoms with Gasteiger partial charge in [-0.1, -0.05) is 24.3 Å². The van der Waals surface area contributed by atoms with Crippen molar-refractivity contribution in [1.82, 2.24) is 0 Å². The van der Waals surface area contributed by atoms with Crippen LogP contribution in [-0.4, -0.2) is 7.11 Å². The first-order valence-electron chi connectivity index (χ1n) is 6.68. The quantitative estimate of drug-likeness (QED) is 0.915. The molecule has 2 aromatic carbocycles. The van der Waals surface area contributed by atoms with Crippen LogP contribution in [0.25, 0.3) is 0 Å². The third-order valence-corrected chi connectivity index (χ3v) is 3.28. The summed E-state index contributed by atoms with van der Waals surface area (Å²) < 4.78 is 11.0.